The van der Waals surface area contributed by atoms with Gasteiger partial charge in [0.1, 0.15) is 11.0 Å². The monoisotopic (exact) mass is 290 g/mol. The summed E-state index contributed by atoms with van der Waals surface area (Å²) < 4.78 is 26.4. The number of nitriles is 2. The molecule has 20 heavy (non-hydrogen) atoms. The van der Waals surface area contributed by atoms with Gasteiger partial charge in [-0.1, -0.05) is 0 Å². The largest absolute Gasteiger partial charge is 0.245 e. The van der Waals surface area contributed by atoms with Crippen molar-refractivity contribution in [3.63, 3.8) is 0 Å². The standard InChI is InChI=1S/C13H14N4O2S/c1-13(10-15)4-7-17(8-5-13)20(18,19)12-3-2-6-16-11(12)9-14/h2-3,6H,4-5,7-8H2,1H3. The highest BCUT2D eigenvalue weighted by molar-refractivity contribution is 7.89. The first kappa shape index (κ1) is 14.4. The third-order valence-electron chi connectivity index (χ3n) is 3.59. The molecule has 1 aliphatic rings. The van der Waals surface area contributed by atoms with Crippen molar-refractivity contribution in [3.8, 4) is 12.1 Å². The Morgan fingerprint density at radius 1 is 1.35 bits per heavy atom. The summed E-state index contributed by atoms with van der Waals surface area (Å²) >= 11 is 0. The van der Waals surface area contributed by atoms with E-state index in [0.29, 0.717) is 12.8 Å². The molecule has 0 atom stereocenters. The lowest BCUT2D eigenvalue weighted by Crippen LogP contribution is -2.41. The Hall–Kier alpha value is -1.96. The fourth-order valence-electron chi connectivity index (χ4n) is 2.15. The van der Waals surface area contributed by atoms with Gasteiger partial charge in [-0.3, -0.25) is 0 Å². The SMILES string of the molecule is CC1(C#N)CCN(S(=O)(=O)c2cccnc2C#N)CC1. The number of hydrogen-bond donors (Lipinski definition) is 0. The molecule has 0 aromatic carbocycles. The Morgan fingerprint density at radius 3 is 2.55 bits per heavy atom. The van der Waals surface area contributed by atoms with Crippen LogP contribution in [-0.4, -0.2) is 30.8 Å². The smallest absolute Gasteiger partial charge is 0.244 e. The van der Waals surface area contributed by atoms with Gasteiger partial charge in [-0.05, 0) is 31.9 Å². The van der Waals surface area contributed by atoms with Crippen LogP contribution in [0.4, 0.5) is 0 Å². The maximum Gasteiger partial charge on any atom is 0.245 e. The summed E-state index contributed by atoms with van der Waals surface area (Å²) in [6.45, 7) is 2.40. The lowest BCUT2D eigenvalue weighted by Gasteiger charge is -2.34. The average Bonchev–Trinajstić information content (AvgIpc) is 2.47. The van der Waals surface area contributed by atoms with E-state index in [2.05, 4.69) is 11.1 Å². The average molecular weight is 290 g/mol. The molecule has 2 heterocycles. The number of aromatic nitrogens is 1. The first-order valence-corrected chi connectivity index (χ1v) is 7.63. The number of nitrogens with zero attached hydrogens (tertiary/aromatic N) is 4. The first-order chi connectivity index (χ1) is 9.43. The predicted molar refractivity (Wildman–Crippen MR) is 70.7 cm³/mol. The lowest BCUT2D eigenvalue weighted by atomic mass is 9.83. The van der Waals surface area contributed by atoms with E-state index in [1.165, 1.54) is 22.6 Å². The van der Waals surface area contributed by atoms with Gasteiger partial charge in [0.2, 0.25) is 10.0 Å². The van der Waals surface area contributed by atoms with Crippen LogP contribution >= 0.6 is 0 Å². The summed E-state index contributed by atoms with van der Waals surface area (Å²) in [7, 11) is -3.72. The van der Waals surface area contributed by atoms with Gasteiger partial charge in [0.25, 0.3) is 0 Å². The minimum absolute atomic E-state index is 0.0666. The molecule has 0 bridgehead atoms. The lowest BCUT2D eigenvalue weighted by molar-refractivity contribution is 0.232. The summed E-state index contributed by atoms with van der Waals surface area (Å²) in [5.74, 6) is 0. The Bertz CT molecular complexity index is 692. The second-order valence-corrected chi connectivity index (χ2v) is 6.94. The molecule has 1 aromatic heterocycles. The Balaban J connectivity index is 2.30. The van der Waals surface area contributed by atoms with Crippen molar-refractivity contribution in [1.82, 2.24) is 9.29 Å². The number of sulfonamides is 1. The molecule has 2 rings (SSSR count). The zero-order chi connectivity index (χ0) is 14.8. The van der Waals surface area contributed by atoms with Crippen LogP contribution in [0.3, 0.4) is 0 Å². The van der Waals surface area contributed by atoms with Gasteiger partial charge in [-0.2, -0.15) is 14.8 Å². The van der Waals surface area contributed by atoms with Crippen molar-refractivity contribution >= 4 is 10.0 Å². The summed E-state index contributed by atoms with van der Waals surface area (Å²) in [5, 5.41) is 18.0. The molecular weight excluding hydrogens is 276 g/mol. The van der Waals surface area contributed by atoms with E-state index >= 15 is 0 Å². The summed E-state index contributed by atoms with van der Waals surface area (Å²) in [5.41, 5.74) is -0.569. The second-order valence-electron chi connectivity index (χ2n) is 5.04. The van der Waals surface area contributed by atoms with Gasteiger partial charge >= 0.3 is 0 Å². The first-order valence-electron chi connectivity index (χ1n) is 6.19. The van der Waals surface area contributed by atoms with Crippen LogP contribution in [0.25, 0.3) is 0 Å². The Kier molecular flexibility index (Phi) is 3.76. The molecule has 1 aromatic rings. The van der Waals surface area contributed by atoms with Gasteiger partial charge in [-0.25, -0.2) is 13.4 Å². The van der Waals surface area contributed by atoms with E-state index in [1.54, 1.807) is 6.07 Å². The van der Waals surface area contributed by atoms with Crippen LogP contribution in [-0.2, 0) is 10.0 Å². The van der Waals surface area contributed by atoms with Crippen LogP contribution in [0.5, 0.6) is 0 Å². The van der Waals surface area contributed by atoms with E-state index < -0.39 is 15.4 Å². The molecule has 7 heteroatoms. The quantitative estimate of drug-likeness (QED) is 0.816. The van der Waals surface area contributed by atoms with Gasteiger partial charge in [-0.15, -0.1) is 0 Å². The van der Waals surface area contributed by atoms with Crippen molar-refractivity contribution in [3.05, 3.63) is 24.0 Å². The minimum Gasteiger partial charge on any atom is -0.244 e. The van der Waals surface area contributed by atoms with Crippen molar-refractivity contribution in [1.29, 1.82) is 10.5 Å². The van der Waals surface area contributed by atoms with Gasteiger partial charge < -0.3 is 0 Å². The molecule has 0 unspecified atom stereocenters. The molecule has 0 radical (unpaired) electrons. The fourth-order valence-corrected chi connectivity index (χ4v) is 3.69. The van der Waals surface area contributed by atoms with E-state index in [9.17, 15) is 8.42 Å². The van der Waals surface area contributed by atoms with Gasteiger partial charge in [0, 0.05) is 19.3 Å². The van der Waals surface area contributed by atoms with Gasteiger partial charge in [0.15, 0.2) is 5.69 Å². The Morgan fingerprint density at radius 2 is 2.00 bits per heavy atom. The fraction of sp³-hybridized carbons (Fsp3) is 0.462. The molecule has 0 saturated carbocycles. The van der Waals surface area contributed by atoms with E-state index in [4.69, 9.17) is 10.5 Å². The number of hydrogen-bond acceptors (Lipinski definition) is 5. The van der Waals surface area contributed by atoms with Gasteiger partial charge in [0.05, 0.1) is 11.5 Å². The van der Waals surface area contributed by atoms with E-state index in [0.717, 1.165) is 0 Å². The Labute approximate surface area is 118 Å². The zero-order valence-corrected chi connectivity index (χ0v) is 11.9. The summed E-state index contributed by atoms with van der Waals surface area (Å²) in [6, 6.07) is 6.91. The van der Waals surface area contributed by atoms with E-state index in [-0.39, 0.29) is 23.7 Å². The van der Waals surface area contributed by atoms with Crippen LogP contribution < -0.4 is 0 Å². The summed E-state index contributed by atoms with van der Waals surface area (Å²) in [6.07, 6.45) is 2.37. The summed E-state index contributed by atoms with van der Waals surface area (Å²) in [4.78, 5) is 3.72. The number of pyridine rings is 1. The molecule has 0 spiro atoms. The molecule has 0 aliphatic carbocycles. The topological polar surface area (TPSA) is 97.8 Å². The van der Waals surface area contributed by atoms with Crippen LogP contribution in [0.15, 0.2) is 23.2 Å². The van der Waals surface area contributed by atoms with Crippen LogP contribution in [0.1, 0.15) is 25.5 Å². The molecular formula is C13H14N4O2S. The normalized spacial score (nSPS) is 18.9. The minimum atomic E-state index is -3.72. The molecule has 104 valence electrons. The molecule has 6 nitrogen and oxygen atoms in total. The highest BCUT2D eigenvalue weighted by Gasteiger charge is 2.36. The van der Waals surface area contributed by atoms with E-state index in [1.807, 2.05) is 6.92 Å². The van der Waals surface area contributed by atoms with Crippen molar-refractivity contribution in [2.24, 2.45) is 5.41 Å². The third kappa shape index (κ3) is 2.51. The predicted octanol–water partition coefficient (Wildman–Crippen LogP) is 1.27. The highest BCUT2D eigenvalue weighted by Crippen LogP contribution is 2.32. The van der Waals surface area contributed by atoms with Crippen LogP contribution in [0, 0.1) is 28.1 Å². The van der Waals surface area contributed by atoms with Crippen LogP contribution in [0.2, 0.25) is 0 Å². The third-order valence-corrected chi connectivity index (χ3v) is 5.52. The molecule has 1 aliphatic heterocycles. The zero-order valence-electron chi connectivity index (χ0n) is 11.1. The number of piperidine rings is 1. The molecule has 0 amide bonds. The van der Waals surface area contributed by atoms with Crippen molar-refractivity contribution in [2.45, 2.75) is 24.7 Å². The maximum absolute atomic E-state index is 12.5. The molecule has 1 saturated heterocycles. The maximum atomic E-state index is 12.5. The highest BCUT2D eigenvalue weighted by atomic mass is 32.2. The van der Waals surface area contributed by atoms with Crippen molar-refractivity contribution in [2.75, 3.05) is 13.1 Å². The number of rotatable bonds is 2. The molecule has 1 fully saturated rings. The van der Waals surface area contributed by atoms with Crippen molar-refractivity contribution < 1.29 is 8.42 Å². The second kappa shape index (κ2) is 5.20. The molecule has 0 N–H and O–H groups in total.